The Bertz CT molecular complexity index is 470. The van der Waals surface area contributed by atoms with E-state index in [2.05, 4.69) is 6.92 Å². The lowest BCUT2D eigenvalue weighted by Crippen LogP contribution is -2.35. The van der Waals surface area contributed by atoms with Crippen LogP contribution in [-0.2, 0) is 16.0 Å². The Kier molecular flexibility index (Phi) is 6.72. The van der Waals surface area contributed by atoms with Crippen LogP contribution in [0, 0.1) is 5.92 Å². The van der Waals surface area contributed by atoms with Gasteiger partial charge in [-0.05, 0) is 30.5 Å². The lowest BCUT2D eigenvalue weighted by Gasteiger charge is -2.25. The highest BCUT2D eigenvalue weighted by molar-refractivity contribution is 5.75. The van der Waals surface area contributed by atoms with Crippen LogP contribution in [0.3, 0.4) is 0 Å². The van der Waals surface area contributed by atoms with Crippen LogP contribution in [0.2, 0.25) is 0 Å². The normalized spacial score (nSPS) is 11.9. The van der Waals surface area contributed by atoms with Gasteiger partial charge in [0.2, 0.25) is 0 Å². The van der Waals surface area contributed by atoms with Gasteiger partial charge >= 0.3 is 11.9 Å². The largest absolute Gasteiger partial charge is 0.481 e. The molecule has 116 valence electrons. The van der Waals surface area contributed by atoms with Crippen LogP contribution >= 0.6 is 0 Å². The van der Waals surface area contributed by atoms with Gasteiger partial charge in [0.1, 0.15) is 6.54 Å². The smallest absolute Gasteiger partial charge is 0.323 e. The standard InChI is InChI=1S/C16H23NO4/c1-3-4-5-13-6-8-14(9-7-13)17(11-15(18)19)10-12(2)16(20)21/h6-9,12H,3-5,10-11H2,1-2H3,(H,18,19)(H,20,21). The van der Waals surface area contributed by atoms with Crippen molar-refractivity contribution < 1.29 is 19.8 Å². The monoisotopic (exact) mass is 293 g/mol. The van der Waals surface area contributed by atoms with Gasteiger partial charge in [0.05, 0.1) is 5.92 Å². The maximum Gasteiger partial charge on any atom is 0.323 e. The first-order valence-corrected chi connectivity index (χ1v) is 7.22. The van der Waals surface area contributed by atoms with Crippen LogP contribution in [0.1, 0.15) is 32.3 Å². The summed E-state index contributed by atoms with van der Waals surface area (Å²) in [6.07, 6.45) is 3.25. The summed E-state index contributed by atoms with van der Waals surface area (Å²) < 4.78 is 0. The fourth-order valence-corrected chi connectivity index (χ4v) is 2.09. The molecule has 0 aliphatic carbocycles. The van der Waals surface area contributed by atoms with Crippen LogP contribution in [-0.4, -0.2) is 35.2 Å². The number of nitrogens with zero attached hydrogens (tertiary/aromatic N) is 1. The minimum atomic E-state index is -0.970. The fourth-order valence-electron chi connectivity index (χ4n) is 2.09. The van der Waals surface area contributed by atoms with Crippen molar-refractivity contribution in [3.05, 3.63) is 29.8 Å². The molecule has 0 radical (unpaired) electrons. The summed E-state index contributed by atoms with van der Waals surface area (Å²) in [5.41, 5.74) is 1.95. The van der Waals surface area contributed by atoms with Gasteiger partial charge in [-0.15, -0.1) is 0 Å². The van der Waals surface area contributed by atoms with Gasteiger partial charge in [-0.3, -0.25) is 9.59 Å². The van der Waals surface area contributed by atoms with E-state index < -0.39 is 17.9 Å². The Hall–Kier alpha value is -2.04. The molecule has 5 heteroatoms. The van der Waals surface area contributed by atoms with Crippen molar-refractivity contribution >= 4 is 17.6 Å². The Labute approximate surface area is 125 Å². The zero-order valence-corrected chi connectivity index (χ0v) is 12.6. The number of carboxylic acid groups (broad SMARTS) is 2. The van der Waals surface area contributed by atoms with Crippen molar-refractivity contribution in [2.24, 2.45) is 5.92 Å². The molecule has 1 aromatic carbocycles. The van der Waals surface area contributed by atoms with E-state index in [-0.39, 0.29) is 13.1 Å². The highest BCUT2D eigenvalue weighted by Crippen LogP contribution is 2.18. The first kappa shape index (κ1) is 17.0. The van der Waals surface area contributed by atoms with Gasteiger partial charge in [-0.25, -0.2) is 0 Å². The maximum absolute atomic E-state index is 11.0. The topological polar surface area (TPSA) is 77.8 Å². The molecule has 0 heterocycles. The predicted octanol–water partition coefficient (Wildman–Crippen LogP) is 2.64. The molecule has 1 rings (SSSR count). The van der Waals surface area contributed by atoms with Crippen molar-refractivity contribution in [2.45, 2.75) is 33.1 Å². The first-order chi connectivity index (χ1) is 9.93. The third-order valence-corrected chi connectivity index (χ3v) is 3.36. The van der Waals surface area contributed by atoms with Gasteiger partial charge in [0.25, 0.3) is 0 Å². The second-order valence-corrected chi connectivity index (χ2v) is 5.28. The second-order valence-electron chi connectivity index (χ2n) is 5.28. The number of hydrogen-bond acceptors (Lipinski definition) is 3. The summed E-state index contributed by atoms with van der Waals surface area (Å²) in [6, 6.07) is 7.68. The quantitative estimate of drug-likeness (QED) is 0.732. The van der Waals surface area contributed by atoms with E-state index in [1.807, 2.05) is 24.3 Å². The maximum atomic E-state index is 11.0. The number of hydrogen-bond donors (Lipinski definition) is 2. The van der Waals surface area contributed by atoms with Gasteiger partial charge < -0.3 is 15.1 Å². The lowest BCUT2D eigenvalue weighted by atomic mass is 10.1. The molecule has 21 heavy (non-hydrogen) atoms. The van der Waals surface area contributed by atoms with Crippen LogP contribution in [0.15, 0.2) is 24.3 Å². The highest BCUT2D eigenvalue weighted by atomic mass is 16.4. The van der Waals surface area contributed by atoms with Crippen molar-refractivity contribution in [2.75, 3.05) is 18.0 Å². The molecule has 0 aliphatic heterocycles. The molecule has 0 aromatic heterocycles. The van der Waals surface area contributed by atoms with Crippen LogP contribution in [0.25, 0.3) is 0 Å². The first-order valence-electron chi connectivity index (χ1n) is 7.22. The summed E-state index contributed by atoms with van der Waals surface area (Å²) in [6.45, 7) is 3.69. The van der Waals surface area contributed by atoms with E-state index in [0.717, 1.165) is 24.9 Å². The minimum Gasteiger partial charge on any atom is -0.481 e. The number of carbonyl (C=O) groups is 2. The average Bonchev–Trinajstić information content (AvgIpc) is 2.44. The van der Waals surface area contributed by atoms with Gasteiger partial charge in [-0.1, -0.05) is 32.4 Å². The van der Waals surface area contributed by atoms with Crippen LogP contribution in [0.4, 0.5) is 5.69 Å². The summed E-state index contributed by atoms with van der Waals surface area (Å²) in [5.74, 6) is -2.52. The molecule has 0 fully saturated rings. The van der Waals surface area contributed by atoms with E-state index in [1.165, 1.54) is 5.56 Å². The van der Waals surface area contributed by atoms with Gasteiger partial charge in [0.15, 0.2) is 0 Å². The summed E-state index contributed by atoms with van der Waals surface area (Å²) in [4.78, 5) is 23.5. The number of aryl methyl sites for hydroxylation is 1. The van der Waals surface area contributed by atoms with E-state index in [9.17, 15) is 9.59 Å². The molecule has 1 atom stereocenters. The Morgan fingerprint density at radius 2 is 1.81 bits per heavy atom. The van der Waals surface area contributed by atoms with Crippen molar-refractivity contribution in [1.82, 2.24) is 0 Å². The molecule has 0 amide bonds. The molecular weight excluding hydrogens is 270 g/mol. The number of carboxylic acids is 2. The minimum absolute atomic E-state index is 0.177. The molecule has 0 saturated carbocycles. The van der Waals surface area contributed by atoms with Crippen molar-refractivity contribution in [3.63, 3.8) is 0 Å². The third-order valence-electron chi connectivity index (χ3n) is 3.36. The molecule has 2 N–H and O–H groups in total. The van der Waals surface area contributed by atoms with Gasteiger partial charge in [-0.2, -0.15) is 0 Å². The predicted molar refractivity (Wildman–Crippen MR) is 81.7 cm³/mol. The van der Waals surface area contributed by atoms with Crippen LogP contribution in [0.5, 0.6) is 0 Å². The molecule has 1 unspecified atom stereocenters. The van der Waals surface area contributed by atoms with E-state index in [1.54, 1.807) is 11.8 Å². The number of rotatable bonds is 9. The average molecular weight is 293 g/mol. The van der Waals surface area contributed by atoms with E-state index in [4.69, 9.17) is 10.2 Å². The molecular formula is C16H23NO4. The van der Waals surface area contributed by atoms with E-state index in [0.29, 0.717) is 0 Å². The highest BCUT2D eigenvalue weighted by Gasteiger charge is 2.18. The zero-order chi connectivity index (χ0) is 15.8. The van der Waals surface area contributed by atoms with Gasteiger partial charge in [0, 0.05) is 12.2 Å². The number of anilines is 1. The molecule has 0 bridgehead atoms. The Balaban J connectivity index is 2.82. The van der Waals surface area contributed by atoms with Crippen molar-refractivity contribution in [1.29, 1.82) is 0 Å². The zero-order valence-electron chi connectivity index (χ0n) is 12.6. The SMILES string of the molecule is CCCCc1ccc(N(CC(=O)O)CC(C)C(=O)O)cc1. The molecule has 5 nitrogen and oxygen atoms in total. The Morgan fingerprint density at radius 3 is 2.29 bits per heavy atom. The summed E-state index contributed by atoms with van der Waals surface area (Å²) >= 11 is 0. The number of unbranched alkanes of at least 4 members (excludes halogenated alkanes) is 1. The van der Waals surface area contributed by atoms with Crippen molar-refractivity contribution in [3.8, 4) is 0 Å². The molecule has 0 saturated heterocycles. The Morgan fingerprint density at radius 1 is 1.19 bits per heavy atom. The molecule has 0 aliphatic rings. The third kappa shape index (κ3) is 5.85. The van der Waals surface area contributed by atoms with Crippen LogP contribution < -0.4 is 4.90 Å². The number of aliphatic carboxylic acids is 2. The summed E-state index contributed by atoms with van der Waals surface area (Å²) in [5, 5.41) is 18.0. The second kappa shape index (κ2) is 8.29. The number of benzene rings is 1. The lowest BCUT2D eigenvalue weighted by molar-refractivity contribution is -0.141. The fraction of sp³-hybridized carbons (Fsp3) is 0.500. The molecule has 1 aromatic rings. The van der Waals surface area contributed by atoms with E-state index >= 15 is 0 Å². The molecule has 0 spiro atoms. The summed E-state index contributed by atoms with van der Waals surface area (Å²) in [7, 11) is 0.